The van der Waals surface area contributed by atoms with Gasteiger partial charge >= 0.3 is 5.97 Å². The Morgan fingerprint density at radius 2 is 2.14 bits per heavy atom. The van der Waals surface area contributed by atoms with E-state index in [1.165, 1.54) is 19.2 Å². The van der Waals surface area contributed by atoms with E-state index in [1.807, 2.05) is 0 Å². The zero-order valence-electron chi connectivity index (χ0n) is 11.8. The fraction of sp³-hybridized carbons (Fsp3) is 0.286. The summed E-state index contributed by atoms with van der Waals surface area (Å²) in [7, 11) is 3.31. The van der Waals surface area contributed by atoms with Crippen molar-refractivity contribution in [3.8, 4) is 5.88 Å². The van der Waals surface area contributed by atoms with Crippen molar-refractivity contribution in [1.82, 2.24) is 15.1 Å². The zero-order chi connectivity index (χ0) is 15.4. The highest BCUT2D eigenvalue weighted by atomic mass is 19.1. The second-order valence-corrected chi connectivity index (χ2v) is 4.55. The SMILES string of the molecule is COc1nn(C)cc1CNCc1cc(C(=O)O)ccc1F. The molecule has 0 fully saturated rings. The maximum Gasteiger partial charge on any atom is 0.335 e. The molecule has 2 N–H and O–H groups in total. The molecule has 6 nitrogen and oxygen atoms in total. The van der Waals surface area contributed by atoms with Crippen molar-refractivity contribution in [2.45, 2.75) is 13.1 Å². The van der Waals surface area contributed by atoms with Gasteiger partial charge in [-0.1, -0.05) is 0 Å². The third-order valence-corrected chi connectivity index (χ3v) is 2.98. The van der Waals surface area contributed by atoms with E-state index in [2.05, 4.69) is 10.4 Å². The number of nitrogens with one attached hydrogen (secondary N) is 1. The van der Waals surface area contributed by atoms with Gasteiger partial charge in [-0.25, -0.2) is 9.18 Å². The predicted molar refractivity (Wildman–Crippen MR) is 73.7 cm³/mol. The van der Waals surface area contributed by atoms with Gasteiger partial charge in [0.15, 0.2) is 0 Å². The molecule has 2 rings (SSSR count). The first-order valence-electron chi connectivity index (χ1n) is 6.30. The minimum Gasteiger partial charge on any atom is -0.480 e. The summed E-state index contributed by atoms with van der Waals surface area (Å²) in [6.07, 6.45) is 1.80. The van der Waals surface area contributed by atoms with E-state index in [4.69, 9.17) is 9.84 Å². The first kappa shape index (κ1) is 15.0. The van der Waals surface area contributed by atoms with E-state index < -0.39 is 11.8 Å². The fourth-order valence-electron chi connectivity index (χ4n) is 1.99. The van der Waals surface area contributed by atoms with Crippen molar-refractivity contribution in [1.29, 1.82) is 0 Å². The molecule has 0 aliphatic carbocycles. The number of aryl methyl sites for hydroxylation is 1. The van der Waals surface area contributed by atoms with Crippen LogP contribution in [-0.2, 0) is 20.1 Å². The number of methoxy groups -OCH3 is 1. The van der Waals surface area contributed by atoms with Gasteiger partial charge < -0.3 is 15.2 Å². The van der Waals surface area contributed by atoms with E-state index in [-0.39, 0.29) is 12.1 Å². The van der Waals surface area contributed by atoms with Crippen molar-refractivity contribution < 1.29 is 19.0 Å². The van der Waals surface area contributed by atoms with Gasteiger partial charge in [0.1, 0.15) is 5.82 Å². The van der Waals surface area contributed by atoms with Crippen molar-refractivity contribution in [3.05, 3.63) is 46.9 Å². The Morgan fingerprint density at radius 3 is 2.81 bits per heavy atom. The summed E-state index contributed by atoms with van der Waals surface area (Å²) < 4.78 is 20.4. The standard InChI is InChI=1S/C14H16FN3O3/c1-18-8-11(13(17-18)21-2)7-16-6-10-5-9(14(19)20)3-4-12(10)15/h3-5,8,16H,6-7H2,1-2H3,(H,19,20). The number of hydrogen-bond acceptors (Lipinski definition) is 4. The average molecular weight is 293 g/mol. The number of carboxylic acid groups (broad SMARTS) is 1. The minimum atomic E-state index is -1.08. The minimum absolute atomic E-state index is 0.0622. The number of ether oxygens (including phenoxy) is 1. The van der Waals surface area contributed by atoms with Crippen LogP contribution in [0, 0.1) is 5.82 Å². The molecule has 0 aliphatic rings. The van der Waals surface area contributed by atoms with Crippen LogP contribution >= 0.6 is 0 Å². The highest BCUT2D eigenvalue weighted by Crippen LogP contribution is 2.15. The van der Waals surface area contributed by atoms with Gasteiger partial charge in [0.05, 0.1) is 12.7 Å². The highest BCUT2D eigenvalue weighted by molar-refractivity contribution is 5.87. The van der Waals surface area contributed by atoms with Crippen LogP contribution in [0.3, 0.4) is 0 Å². The van der Waals surface area contributed by atoms with Crippen LogP contribution in [-0.4, -0.2) is 28.0 Å². The van der Waals surface area contributed by atoms with Gasteiger partial charge in [-0.05, 0) is 18.2 Å². The maximum absolute atomic E-state index is 13.6. The van der Waals surface area contributed by atoms with Crippen LogP contribution in [0.1, 0.15) is 21.5 Å². The second-order valence-electron chi connectivity index (χ2n) is 4.55. The van der Waals surface area contributed by atoms with E-state index in [9.17, 15) is 9.18 Å². The van der Waals surface area contributed by atoms with Crippen molar-refractivity contribution in [3.63, 3.8) is 0 Å². The van der Waals surface area contributed by atoms with Crippen LogP contribution < -0.4 is 10.1 Å². The summed E-state index contributed by atoms with van der Waals surface area (Å²) in [5.41, 5.74) is 1.21. The Morgan fingerprint density at radius 1 is 1.43 bits per heavy atom. The van der Waals surface area contributed by atoms with E-state index in [1.54, 1.807) is 17.9 Å². The van der Waals surface area contributed by atoms with E-state index >= 15 is 0 Å². The molecule has 0 spiro atoms. The van der Waals surface area contributed by atoms with Crippen molar-refractivity contribution in [2.24, 2.45) is 7.05 Å². The van der Waals surface area contributed by atoms with Crippen molar-refractivity contribution >= 4 is 5.97 Å². The predicted octanol–water partition coefficient (Wildman–Crippen LogP) is 1.56. The Hall–Kier alpha value is -2.41. The molecule has 0 amide bonds. The quantitative estimate of drug-likeness (QED) is 0.845. The summed E-state index contributed by atoms with van der Waals surface area (Å²) in [6.45, 7) is 0.652. The Bertz CT molecular complexity index is 655. The molecule has 0 radical (unpaired) electrons. The van der Waals surface area contributed by atoms with Crippen LogP contribution in [0.15, 0.2) is 24.4 Å². The number of nitrogens with zero attached hydrogens (tertiary/aromatic N) is 2. The summed E-state index contributed by atoms with van der Waals surface area (Å²) in [5.74, 6) is -1.01. The molecule has 1 aromatic carbocycles. The number of rotatable bonds is 6. The van der Waals surface area contributed by atoms with Gasteiger partial charge in [0.25, 0.3) is 0 Å². The Labute approximate surface area is 121 Å². The van der Waals surface area contributed by atoms with Gasteiger partial charge in [-0.3, -0.25) is 4.68 Å². The summed E-state index contributed by atoms with van der Waals surface area (Å²) in [6, 6.07) is 3.72. The number of aromatic nitrogens is 2. The topological polar surface area (TPSA) is 76.4 Å². The largest absolute Gasteiger partial charge is 0.480 e. The summed E-state index contributed by atoms with van der Waals surface area (Å²) in [5, 5.41) is 16.1. The molecule has 0 saturated carbocycles. The molecule has 1 aromatic heterocycles. The second kappa shape index (κ2) is 6.36. The molecule has 0 atom stereocenters. The number of benzene rings is 1. The van der Waals surface area contributed by atoms with Crippen LogP contribution in [0.4, 0.5) is 4.39 Å². The first-order valence-corrected chi connectivity index (χ1v) is 6.30. The summed E-state index contributed by atoms with van der Waals surface area (Å²) in [4.78, 5) is 10.9. The lowest BCUT2D eigenvalue weighted by Crippen LogP contribution is -2.14. The van der Waals surface area contributed by atoms with Crippen LogP contribution in [0.5, 0.6) is 5.88 Å². The normalized spacial score (nSPS) is 10.6. The number of halogens is 1. The molecular weight excluding hydrogens is 277 g/mol. The lowest BCUT2D eigenvalue weighted by Gasteiger charge is -2.07. The summed E-state index contributed by atoms with van der Waals surface area (Å²) >= 11 is 0. The average Bonchev–Trinajstić information content (AvgIpc) is 2.81. The van der Waals surface area contributed by atoms with Gasteiger partial charge in [-0.15, -0.1) is 5.10 Å². The van der Waals surface area contributed by atoms with Gasteiger partial charge in [0, 0.05) is 37.5 Å². The third kappa shape index (κ3) is 3.57. The number of carboxylic acids is 1. The molecule has 0 aliphatic heterocycles. The monoisotopic (exact) mass is 293 g/mol. The molecule has 21 heavy (non-hydrogen) atoms. The first-order chi connectivity index (χ1) is 10.0. The molecule has 2 aromatic rings. The van der Waals surface area contributed by atoms with E-state index in [0.717, 1.165) is 11.6 Å². The van der Waals surface area contributed by atoms with Gasteiger partial charge in [0.2, 0.25) is 5.88 Å². The number of carbonyl (C=O) groups is 1. The highest BCUT2D eigenvalue weighted by Gasteiger charge is 2.10. The molecule has 0 unspecified atom stereocenters. The molecule has 7 heteroatoms. The lowest BCUT2D eigenvalue weighted by molar-refractivity contribution is 0.0696. The van der Waals surface area contributed by atoms with Crippen LogP contribution in [0.25, 0.3) is 0 Å². The third-order valence-electron chi connectivity index (χ3n) is 2.98. The smallest absolute Gasteiger partial charge is 0.335 e. The Kier molecular flexibility index (Phi) is 4.54. The van der Waals surface area contributed by atoms with E-state index in [0.29, 0.717) is 18.0 Å². The van der Waals surface area contributed by atoms with Crippen molar-refractivity contribution in [2.75, 3.05) is 7.11 Å². The molecule has 0 saturated heterocycles. The molecule has 112 valence electrons. The number of hydrogen-bond donors (Lipinski definition) is 2. The molecular formula is C14H16FN3O3. The molecule has 1 heterocycles. The number of aromatic carboxylic acids is 1. The Balaban J connectivity index is 2.03. The zero-order valence-corrected chi connectivity index (χ0v) is 11.8. The molecule has 0 bridgehead atoms. The fourth-order valence-corrected chi connectivity index (χ4v) is 1.99. The van der Waals surface area contributed by atoms with Crippen LogP contribution in [0.2, 0.25) is 0 Å². The lowest BCUT2D eigenvalue weighted by atomic mass is 10.1. The van der Waals surface area contributed by atoms with Gasteiger partial charge in [-0.2, -0.15) is 0 Å². The maximum atomic E-state index is 13.6.